The van der Waals surface area contributed by atoms with Gasteiger partial charge in [-0.25, -0.2) is 0 Å². The van der Waals surface area contributed by atoms with Gasteiger partial charge in [0.2, 0.25) is 0 Å². The second-order valence-corrected chi connectivity index (χ2v) is 2.69. The van der Waals surface area contributed by atoms with Gasteiger partial charge in [0.1, 0.15) is 0 Å². The van der Waals surface area contributed by atoms with E-state index >= 15 is 0 Å². The fraction of sp³-hybridized carbons (Fsp3) is 0.625. The lowest BCUT2D eigenvalue weighted by Crippen LogP contribution is -2.02. The van der Waals surface area contributed by atoms with Crippen LogP contribution >= 0.6 is 0 Å². The average molecular weight is 110 g/mol. The molecule has 0 aromatic heterocycles. The topological polar surface area (TPSA) is 0 Å². The van der Waals surface area contributed by atoms with E-state index in [1.165, 1.54) is 0 Å². The van der Waals surface area contributed by atoms with Gasteiger partial charge >= 0.3 is 0 Å². The zero-order chi connectivity index (χ0) is 6.62. The zero-order valence-corrected chi connectivity index (χ0v) is 5.99. The highest BCUT2D eigenvalue weighted by Crippen LogP contribution is 2.19. The summed E-state index contributed by atoms with van der Waals surface area (Å²) in [5.41, 5.74) is 3.08. The van der Waals surface area contributed by atoms with Gasteiger partial charge < -0.3 is 0 Å². The van der Waals surface area contributed by atoms with Gasteiger partial charge in [0.25, 0.3) is 0 Å². The fourth-order valence-corrected chi connectivity index (χ4v) is 0.378. The minimum absolute atomic E-state index is 0.293. The lowest BCUT2D eigenvalue weighted by molar-refractivity contribution is 0.463. The van der Waals surface area contributed by atoms with E-state index in [9.17, 15) is 0 Å². The molecule has 0 nitrogen and oxygen atoms in total. The first-order valence-corrected chi connectivity index (χ1v) is 2.99. The second kappa shape index (κ2) is 2.74. The van der Waals surface area contributed by atoms with Crippen LogP contribution in [0.3, 0.4) is 0 Å². The van der Waals surface area contributed by atoms with Crippen molar-refractivity contribution in [2.24, 2.45) is 5.41 Å². The van der Waals surface area contributed by atoms with Crippen molar-refractivity contribution in [3.05, 3.63) is 18.4 Å². The van der Waals surface area contributed by atoms with Crippen LogP contribution in [-0.4, -0.2) is 0 Å². The van der Waals surface area contributed by atoms with Crippen molar-refractivity contribution >= 4 is 0 Å². The Morgan fingerprint density at radius 3 is 2.25 bits per heavy atom. The van der Waals surface area contributed by atoms with Gasteiger partial charge in [-0.1, -0.05) is 27.4 Å². The molecule has 0 amide bonds. The van der Waals surface area contributed by atoms with E-state index < -0.39 is 0 Å². The van der Waals surface area contributed by atoms with Gasteiger partial charge in [0.15, 0.2) is 0 Å². The Bertz CT molecular complexity index is 103. The Hall–Kier alpha value is -0.480. The highest BCUT2D eigenvalue weighted by molar-refractivity contribution is 4.90. The van der Waals surface area contributed by atoms with Crippen molar-refractivity contribution in [3.8, 4) is 0 Å². The Balaban J connectivity index is 3.90. The van der Waals surface area contributed by atoms with Crippen molar-refractivity contribution in [3.63, 3.8) is 0 Å². The van der Waals surface area contributed by atoms with E-state index in [1.54, 1.807) is 0 Å². The number of hydrogen-bond donors (Lipinski definition) is 0. The second-order valence-electron chi connectivity index (χ2n) is 2.69. The van der Waals surface area contributed by atoms with E-state index in [2.05, 4.69) is 33.1 Å². The van der Waals surface area contributed by atoms with Crippen molar-refractivity contribution in [2.75, 3.05) is 0 Å². The highest BCUT2D eigenvalue weighted by atomic mass is 14.1. The van der Waals surface area contributed by atoms with E-state index in [0.717, 1.165) is 6.42 Å². The molecule has 0 heterocycles. The van der Waals surface area contributed by atoms with Gasteiger partial charge in [-0.2, -0.15) is 0 Å². The molecule has 0 saturated carbocycles. The summed E-state index contributed by atoms with van der Waals surface area (Å²) in [5.74, 6) is 0. The summed E-state index contributed by atoms with van der Waals surface area (Å²) in [4.78, 5) is 0. The molecule has 0 aromatic carbocycles. The van der Waals surface area contributed by atoms with E-state index in [-0.39, 0.29) is 0 Å². The van der Waals surface area contributed by atoms with Crippen LogP contribution in [0.4, 0.5) is 0 Å². The largest absolute Gasteiger partial charge is 0.133 e. The molecule has 0 spiro atoms. The molecule has 0 atom stereocenters. The minimum Gasteiger partial charge on any atom is -0.133 e. The maximum absolute atomic E-state index is 3.51. The molecule has 0 bridgehead atoms. The molecule has 0 radical (unpaired) electrons. The molecule has 0 heteroatoms. The predicted molar refractivity (Wildman–Crippen MR) is 37.8 cm³/mol. The van der Waals surface area contributed by atoms with Crippen LogP contribution in [0.5, 0.6) is 0 Å². The third kappa shape index (κ3) is 2.65. The normalized spacial score (nSPS) is 10.4. The Morgan fingerprint density at radius 2 is 2.12 bits per heavy atom. The zero-order valence-electron chi connectivity index (χ0n) is 5.99. The maximum Gasteiger partial charge on any atom is -0.0102 e. The molecule has 0 aromatic rings. The quantitative estimate of drug-likeness (QED) is 0.479. The first-order valence-electron chi connectivity index (χ1n) is 2.99. The first-order chi connectivity index (χ1) is 3.62. The van der Waals surface area contributed by atoms with Crippen LogP contribution in [0.1, 0.15) is 27.2 Å². The minimum atomic E-state index is 0.293. The van der Waals surface area contributed by atoms with Crippen molar-refractivity contribution < 1.29 is 0 Å². The first kappa shape index (κ1) is 7.52. The van der Waals surface area contributed by atoms with Crippen molar-refractivity contribution in [2.45, 2.75) is 27.2 Å². The molecule has 46 valence electrons. The van der Waals surface area contributed by atoms with E-state index in [1.807, 2.05) is 6.08 Å². The summed E-state index contributed by atoms with van der Waals surface area (Å²) in [7, 11) is 0. The monoisotopic (exact) mass is 110 g/mol. The van der Waals surface area contributed by atoms with Gasteiger partial charge in [-0.15, -0.1) is 5.73 Å². The standard InChI is InChI=1S/C8H14/c1-5-7-8(3,4)6-2/h7H,1,6H2,2-4H3. The molecule has 0 fully saturated rings. The van der Waals surface area contributed by atoms with Crippen LogP contribution < -0.4 is 0 Å². The maximum atomic E-state index is 3.51. The van der Waals surface area contributed by atoms with Gasteiger partial charge in [0.05, 0.1) is 0 Å². The molecule has 0 aliphatic carbocycles. The van der Waals surface area contributed by atoms with Gasteiger partial charge in [0, 0.05) is 0 Å². The molecular formula is C8H14. The van der Waals surface area contributed by atoms with Crippen LogP contribution in [0.25, 0.3) is 0 Å². The number of rotatable bonds is 2. The van der Waals surface area contributed by atoms with Crippen molar-refractivity contribution in [1.29, 1.82) is 0 Å². The Kier molecular flexibility index (Phi) is 2.57. The molecule has 0 unspecified atom stereocenters. The van der Waals surface area contributed by atoms with E-state index in [0.29, 0.717) is 5.41 Å². The van der Waals surface area contributed by atoms with Crippen LogP contribution in [0.2, 0.25) is 0 Å². The van der Waals surface area contributed by atoms with Crippen molar-refractivity contribution in [1.82, 2.24) is 0 Å². The third-order valence-electron chi connectivity index (χ3n) is 1.40. The van der Waals surface area contributed by atoms with E-state index in [4.69, 9.17) is 0 Å². The summed E-state index contributed by atoms with van der Waals surface area (Å²) < 4.78 is 0. The van der Waals surface area contributed by atoms with Gasteiger partial charge in [-0.3, -0.25) is 0 Å². The summed E-state index contributed by atoms with van der Waals surface area (Å²) in [6.45, 7) is 10.0. The lowest BCUT2D eigenvalue weighted by atomic mass is 9.91. The summed E-state index contributed by atoms with van der Waals surface area (Å²) in [5, 5.41) is 0. The van der Waals surface area contributed by atoms with Crippen LogP contribution in [0.15, 0.2) is 18.4 Å². The lowest BCUT2D eigenvalue weighted by Gasteiger charge is -2.14. The Morgan fingerprint density at radius 1 is 1.62 bits per heavy atom. The van der Waals surface area contributed by atoms with Crippen LogP contribution in [0, 0.1) is 5.41 Å². The third-order valence-corrected chi connectivity index (χ3v) is 1.40. The molecule has 0 saturated heterocycles. The SMILES string of the molecule is C=C=CC(C)(C)CC. The molecule has 0 rings (SSSR count). The smallest absolute Gasteiger partial charge is 0.0102 e. The summed E-state index contributed by atoms with van der Waals surface area (Å²) in [6.07, 6.45) is 3.16. The van der Waals surface area contributed by atoms with Gasteiger partial charge in [-0.05, 0) is 17.9 Å². The predicted octanol–water partition coefficient (Wildman–Crippen LogP) is 2.76. The molecule has 8 heavy (non-hydrogen) atoms. The molecule has 0 aliphatic heterocycles. The Labute approximate surface area is 51.9 Å². The fourth-order valence-electron chi connectivity index (χ4n) is 0.378. The summed E-state index contributed by atoms with van der Waals surface area (Å²) in [6, 6.07) is 0. The number of hydrogen-bond acceptors (Lipinski definition) is 0. The summed E-state index contributed by atoms with van der Waals surface area (Å²) >= 11 is 0. The molecular weight excluding hydrogens is 96.1 g/mol. The molecule has 0 aliphatic rings. The molecule has 0 N–H and O–H groups in total. The average Bonchev–Trinajstić information content (AvgIpc) is 1.67. The van der Waals surface area contributed by atoms with Crippen LogP contribution in [-0.2, 0) is 0 Å². The highest BCUT2D eigenvalue weighted by Gasteiger charge is 2.08. The number of allylic oxidation sites excluding steroid dienone is 1.